The van der Waals surface area contributed by atoms with Gasteiger partial charge in [0.15, 0.2) is 0 Å². The molecular weight excluding hydrogens is 332 g/mol. The fourth-order valence-corrected chi connectivity index (χ4v) is 2.61. The molecule has 0 aliphatic carbocycles. The minimum Gasteiger partial charge on any atom is -0.338 e. The van der Waals surface area contributed by atoms with Gasteiger partial charge in [-0.3, -0.25) is 14.4 Å². The van der Waals surface area contributed by atoms with Gasteiger partial charge < -0.3 is 10.2 Å². The van der Waals surface area contributed by atoms with E-state index in [1.807, 2.05) is 46.8 Å². The second-order valence-corrected chi connectivity index (χ2v) is 6.72. The first-order valence-electron chi connectivity index (χ1n) is 8.64. The van der Waals surface area contributed by atoms with Crippen molar-refractivity contribution in [3.05, 3.63) is 29.8 Å². The molecule has 7 heteroatoms. The largest absolute Gasteiger partial charge is 0.338 e. The van der Waals surface area contributed by atoms with Crippen LogP contribution in [0.5, 0.6) is 0 Å². The molecule has 0 spiro atoms. The van der Waals surface area contributed by atoms with Gasteiger partial charge in [0.2, 0.25) is 5.91 Å². The summed E-state index contributed by atoms with van der Waals surface area (Å²) in [5, 5.41) is 6.39. The van der Waals surface area contributed by atoms with E-state index in [2.05, 4.69) is 15.8 Å². The van der Waals surface area contributed by atoms with Gasteiger partial charge in [-0.1, -0.05) is 18.2 Å². The number of carbonyl (C=O) groups is 3. The number of nitrogens with zero attached hydrogens (tertiary/aromatic N) is 2. The highest BCUT2D eigenvalue weighted by Crippen LogP contribution is 2.12. The van der Waals surface area contributed by atoms with Crippen LogP contribution in [0.2, 0.25) is 0 Å². The van der Waals surface area contributed by atoms with Crippen LogP contribution in [0.1, 0.15) is 46.6 Å². The van der Waals surface area contributed by atoms with Crippen LogP contribution >= 0.6 is 0 Å². The molecule has 0 saturated heterocycles. The predicted molar refractivity (Wildman–Crippen MR) is 103 cm³/mol. The number of rotatable bonds is 6. The normalized spacial score (nSPS) is 11.5. The summed E-state index contributed by atoms with van der Waals surface area (Å²) < 4.78 is 0. The standard InChI is InChI=1S/C19H28N4O3/c1-12(2)23(13(3)4)17(24)11-15(6)21-22-19(26)18(25)20-16-10-8-7-9-14(16)5/h7-10,12-13H,11H2,1-6H3,(H,20,25)(H,22,26)/b21-15+. The van der Waals surface area contributed by atoms with Gasteiger partial charge in [0.25, 0.3) is 0 Å². The average Bonchev–Trinajstić information content (AvgIpc) is 2.53. The zero-order valence-corrected chi connectivity index (χ0v) is 16.3. The highest BCUT2D eigenvalue weighted by atomic mass is 16.2. The quantitative estimate of drug-likeness (QED) is 0.464. The number of hydrazone groups is 1. The Morgan fingerprint density at radius 2 is 1.62 bits per heavy atom. The number of amides is 3. The van der Waals surface area contributed by atoms with Crippen molar-refractivity contribution in [3.63, 3.8) is 0 Å². The van der Waals surface area contributed by atoms with E-state index >= 15 is 0 Å². The molecule has 0 fully saturated rings. The number of hydrogen-bond acceptors (Lipinski definition) is 4. The molecule has 1 rings (SSSR count). The number of carbonyl (C=O) groups excluding carboxylic acids is 3. The summed E-state index contributed by atoms with van der Waals surface area (Å²) in [6.07, 6.45) is 0.0794. The predicted octanol–water partition coefficient (Wildman–Crippen LogP) is 2.46. The van der Waals surface area contributed by atoms with Gasteiger partial charge in [-0.25, -0.2) is 5.43 Å². The average molecular weight is 360 g/mol. The fourth-order valence-electron chi connectivity index (χ4n) is 2.61. The number of hydrogen-bond donors (Lipinski definition) is 2. The summed E-state index contributed by atoms with van der Waals surface area (Å²) >= 11 is 0. The van der Waals surface area contributed by atoms with Crippen LogP contribution in [0.4, 0.5) is 5.69 Å². The Balaban J connectivity index is 2.62. The molecule has 0 heterocycles. The number of benzene rings is 1. The van der Waals surface area contributed by atoms with E-state index in [9.17, 15) is 14.4 Å². The lowest BCUT2D eigenvalue weighted by Gasteiger charge is -2.30. The molecule has 1 aromatic carbocycles. The lowest BCUT2D eigenvalue weighted by molar-refractivity contribution is -0.136. The number of anilines is 1. The Morgan fingerprint density at radius 3 is 2.15 bits per heavy atom. The molecule has 0 bridgehead atoms. The molecule has 2 N–H and O–H groups in total. The zero-order valence-electron chi connectivity index (χ0n) is 16.3. The van der Waals surface area contributed by atoms with Crippen molar-refractivity contribution in [1.82, 2.24) is 10.3 Å². The summed E-state index contributed by atoms with van der Waals surface area (Å²) in [6, 6.07) is 7.29. The molecule has 0 aliphatic rings. The van der Waals surface area contributed by atoms with Gasteiger partial charge in [-0.15, -0.1) is 0 Å². The van der Waals surface area contributed by atoms with Crippen molar-refractivity contribution in [1.29, 1.82) is 0 Å². The lowest BCUT2D eigenvalue weighted by atomic mass is 10.2. The van der Waals surface area contributed by atoms with E-state index in [0.29, 0.717) is 11.4 Å². The van der Waals surface area contributed by atoms with E-state index in [0.717, 1.165) is 5.56 Å². The lowest BCUT2D eigenvalue weighted by Crippen LogP contribution is -2.42. The zero-order chi connectivity index (χ0) is 19.9. The molecule has 0 aromatic heterocycles. The van der Waals surface area contributed by atoms with Crippen molar-refractivity contribution in [3.8, 4) is 0 Å². The SMILES string of the molecule is C/C(CC(=O)N(C(C)C)C(C)C)=N\NC(=O)C(=O)Nc1ccccc1C. The third-order valence-corrected chi connectivity index (χ3v) is 3.76. The van der Waals surface area contributed by atoms with E-state index in [1.54, 1.807) is 24.0 Å². The highest BCUT2D eigenvalue weighted by molar-refractivity contribution is 6.39. The smallest absolute Gasteiger partial charge is 0.329 e. The van der Waals surface area contributed by atoms with E-state index in [1.165, 1.54) is 0 Å². The maximum absolute atomic E-state index is 12.3. The molecule has 0 saturated carbocycles. The maximum Gasteiger partial charge on any atom is 0.329 e. The first-order valence-corrected chi connectivity index (χ1v) is 8.64. The van der Waals surface area contributed by atoms with Gasteiger partial charge in [0.05, 0.1) is 6.42 Å². The molecule has 3 amide bonds. The van der Waals surface area contributed by atoms with Crippen LogP contribution in [0.15, 0.2) is 29.4 Å². The Morgan fingerprint density at radius 1 is 1.04 bits per heavy atom. The minimum absolute atomic E-state index is 0.0739. The van der Waals surface area contributed by atoms with E-state index in [-0.39, 0.29) is 24.4 Å². The van der Waals surface area contributed by atoms with Gasteiger partial charge in [0.1, 0.15) is 0 Å². The molecule has 26 heavy (non-hydrogen) atoms. The van der Waals surface area contributed by atoms with Gasteiger partial charge in [0, 0.05) is 23.5 Å². The Labute approximate surface area is 154 Å². The van der Waals surface area contributed by atoms with Gasteiger partial charge >= 0.3 is 11.8 Å². The van der Waals surface area contributed by atoms with E-state index in [4.69, 9.17) is 0 Å². The topological polar surface area (TPSA) is 90.9 Å². The first-order chi connectivity index (χ1) is 12.1. The summed E-state index contributed by atoms with van der Waals surface area (Å²) in [5.41, 5.74) is 4.03. The second kappa shape index (κ2) is 9.70. The Hall–Kier alpha value is -2.70. The second-order valence-electron chi connectivity index (χ2n) is 6.72. The third-order valence-electron chi connectivity index (χ3n) is 3.76. The van der Waals surface area contributed by atoms with E-state index < -0.39 is 11.8 Å². The first kappa shape index (κ1) is 21.3. The third kappa shape index (κ3) is 6.31. The fraction of sp³-hybridized carbons (Fsp3) is 0.474. The molecule has 142 valence electrons. The van der Waals surface area contributed by atoms with Crippen LogP contribution in [0, 0.1) is 6.92 Å². The summed E-state index contributed by atoms with van der Waals surface area (Å²) in [6.45, 7) is 11.3. The Kier molecular flexibility index (Phi) is 7.96. The van der Waals surface area contributed by atoms with Crippen LogP contribution in [0.3, 0.4) is 0 Å². The van der Waals surface area contributed by atoms with Crippen LogP contribution < -0.4 is 10.7 Å². The van der Waals surface area contributed by atoms with Crippen molar-refractivity contribution in [2.24, 2.45) is 5.10 Å². The molecule has 0 atom stereocenters. The summed E-state index contributed by atoms with van der Waals surface area (Å²) in [7, 11) is 0. The highest BCUT2D eigenvalue weighted by Gasteiger charge is 2.21. The number of nitrogens with one attached hydrogen (secondary N) is 2. The molecule has 0 unspecified atom stereocenters. The Bertz CT molecular complexity index is 688. The number of para-hydroxylation sites is 1. The van der Waals surface area contributed by atoms with Crippen LogP contribution in [0.25, 0.3) is 0 Å². The molecular formula is C19H28N4O3. The van der Waals surface area contributed by atoms with Gasteiger partial charge in [-0.05, 0) is 53.2 Å². The van der Waals surface area contributed by atoms with Crippen molar-refractivity contribution < 1.29 is 14.4 Å². The molecule has 7 nitrogen and oxygen atoms in total. The van der Waals surface area contributed by atoms with Crippen LogP contribution in [-0.4, -0.2) is 40.4 Å². The van der Waals surface area contributed by atoms with Crippen molar-refractivity contribution in [2.45, 2.75) is 60.0 Å². The molecule has 0 aliphatic heterocycles. The molecule has 0 radical (unpaired) electrons. The van der Waals surface area contributed by atoms with Gasteiger partial charge in [-0.2, -0.15) is 5.10 Å². The molecule has 1 aromatic rings. The summed E-state index contributed by atoms with van der Waals surface area (Å²) in [5.74, 6) is -1.77. The number of aryl methyl sites for hydroxylation is 1. The summed E-state index contributed by atoms with van der Waals surface area (Å²) in [4.78, 5) is 37.9. The van der Waals surface area contributed by atoms with Crippen LogP contribution in [-0.2, 0) is 14.4 Å². The monoisotopic (exact) mass is 360 g/mol. The minimum atomic E-state index is -0.885. The van der Waals surface area contributed by atoms with Crippen molar-refractivity contribution >= 4 is 29.1 Å². The van der Waals surface area contributed by atoms with Crippen molar-refractivity contribution in [2.75, 3.05) is 5.32 Å². The maximum atomic E-state index is 12.3.